The van der Waals surface area contributed by atoms with Gasteiger partial charge in [0, 0.05) is 24.3 Å². The molecule has 0 radical (unpaired) electrons. The SMILES string of the molecule is C[C@H]1C[C@@H]1c1ccc(/C=N\NC(=O)c2ccc(CSc3nncn3C)cc2)o1. The van der Waals surface area contributed by atoms with Crippen molar-refractivity contribution in [3.05, 3.63) is 65.4 Å². The second-order valence-electron chi connectivity index (χ2n) is 6.97. The fraction of sp³-hybridized carbons (Fsp3) is 0.300. The first-order valence-corrected chi connectivity index (χ1v) is 10.1. The number of nitrogens with zero attached hydrogens (tertiary/aromatic N) is 4. The standard InChI is InChI=1S/C20H21N5O2S/c1-13-9-17(13)18-8-7-16(27-18)10-21-23-19(26)15-5-3-14(4-6-15)11-28-20-24-22-12-25(20)2/h3-8,10,12-13,17H,9,11H2,1-2H3,(H,23,26)/b21-10-/t13-,17-/m0/s1. The molecule has 1 aromatic carbocycles. The molecule has 1 fully saturated rings. The molecule has 8 heteroatoms. The van der Waals surface area contributed by atoms with Crippen LogP contribution in [0.15, 0.2) is 57.4 Å². The minimum absolute atomic E-state index is 0.258. The van der Waals surface area contributed by atoms with E-state index in [1.165, 1.54) is 12.6 Å². The van der Waals surface area contributed by atoms with Crippen LogP contribution in [0.2, 0.25) is 0 Å². The molecule has 4 rings (SSSR count). The number of carbonyl (C=O) groups excluding carboxylic acids is 1. The number of benzene rings is 1. The molecule has 1 aliphatic rings. The van der Waals surface area contributed by atoms with Crippen LogP contribution >= 0.6 is 11.8 Å². The zero-order chi connectivity index (χ0) is 19.5. The molecule has 0 spiro atoms. The average molecular weight is 395 g/mol. The summed E-state index contributed by atoms with van der Waals surface area (Å²) in [5.74, 6) is 3.36. The van der Waals surface area contributed by atoms with Gasteiger partial charge in [0.25, 0.3) is 5.91 Å². The number of rotatable bonds is 7. The van der Waals surface area contributed by atoms with Gasteiger partial charge in [-0.2, -0.15) is 5.10 Å². The second kappa shape index (κ2) is 8.02. The smallest absolute Gasteiger partial charge is 0.271 e. The largest absolute Gasteiger partial charge is 0.460 e. The van der Waals surface area contributed by atoms with Gasteiger partial charge in [-0.25, -0.2) is 5.43 Å². The molecule has 0 bridgehead atoms. The summed E-state index contributed by atoms with van der Waals surface area (Å²) >= 11 is 1.60. The van der Waals surface area contributed by atoms with Gasteiger partial charge in [-0.1, -0.05) is 30.8 Å². The number of hydrazone groups is 1. The first-order valence-electron chi connectivity index (χ1n) is 9.09. The van der Waals surface area contributed by atoms with Crippen molar-refractivity contribution in [2.75, 3.05) is 0 Å². The number of nitrogens with one attached hydrogen (secondary N) is 1. The Labute approximate surface area is 167 Å². The lowest BCUT2D eigenvalue weighted by Gasteiger charge is -2.03. The molecule has 2 atom stereocenters. The number of aromatic nitrogens is 3. The molecule has 0 unspecified atom stereocenters. The monoisotopic (exact) mass is 395 g/mol. The van der Waals surface area contributed by atoms with Gasteiger partial charge in [0.05, 0.1) is 6.21 Å². The maximum absolute atomic E-state index is 12.2. The number of amides is 1. The molecule has 2 heterocycles. The van der Waals surface area contributed by atoms with Crippen molar-refractivity contribution in [1.82, 2.24) is 20.2 Å². The molecule has 1 aliphatic carbocycles. The maximum Gasteiger partial charge on any atom is 0.271 e. The molecule has 1 amide bonds. The summed E-state index contributed by atoms with van der Waals surface area (Å²) < 4.78 is 7.61. The molecule has 28 heavy (non-hydrogen) atoms. The summed E-state index contributed by atoms with van der Waals surface area (Å²) in [7, 11) is 1.91. The fourth-order valence-electron chi connectivity index (χ4n) is 2.88. The normalized spacial score (nSPS) is 18.5. The van der Waals surface area contributed by atoms with Gasteiger partial charge in [-0.15, -0.1) is 10.2 Å². The van der Waals surface area contributed by atoms with Crippen molar-refractivity contribution in [3.8, 4) is 0 Å². The van der Waals surface area contributed by atoms with Crippen LogP contribution in [0.3, 0.4) is 0 Å². The van der Waals surface area contributed by atoms with E-state index in [1.54, 1.807) is 30.2 Å². The summed E-state index contributed by atoms with van der Waals surface area (Å²) in [5.41, 5.74) is 4.19. The number of aryl methyl sites for hydroxylation is 1. The molecule has 1 N–H and O–H groups in total. The highest BCUT2D eigenvalue weighted by Gasteiger charge is 2.36. The van der Waals surface area contributed by atoms with Crippen LogP contribution in [0.25, 0.3) is 0 Å². The Balaban J connectivity index is 1.28. The van der Waals surface area contributed by atoms with Crippen molar-refractivity contribution in [2.45, 2.75) is 30.2 Å². The van der Waals surface area contributed by atoms with E-state index in [-0.39, 0.29) is 5.91 Å². The van der Waals surface area contributed by atoms with E-state index in [0.29, 0.717) is 23.2 Å². The number of thioether (sulfide) groups is 1. The first kappa shape index (κ1) is 18.5. The van der Waals surface area contributed by atoms with E-state index < -0.39 is 0 Å². The molecule has 0 saturated heterocycles. The van der Waals surface area contributed by atoms with Crippen LogP contribution in [0.1, 0.15) is 46.7 Å². The zero-order valence-corrected chi connectivity index (χ0v) is 16.5. The van der Waals surface area contributed by atoms with E-state index >= 15 is 0 Å². The average Bonchev–Trinajstić information content (AvgIpc) is 3.06. The van der Waals surface area contributed by atoms with Gasteiger partial charge in [0.15, 0.2) is 5.16 Å². The van der Waals surface area contributed by atoms with Gasteiger partial charge in [-0.05, 0) is 42.2 Å². The van der Waals surface area contributed by atoms with Crippen LogP contribution in [-0.4, -0.2) is 26.9 Å². The predicted octanol–water partition coefficient (Wildman–Crippen LogP) is 3.59. The predicted molar refractivity (Wildman–Crippen MR) is 107 cm³/mol. The fourth-order valence-corrected chi connectivity index (χ4v) is 3.72. The van der Waals surface area contributed by atoms with Crippen molar-refractivity contribution in [2.24, 2.45) is 18.1 Å². The van der Waals surface area contributed by atoms with Crippen molar-refractivity contribution >= 4 is 23.9 Å². The van der Waals surface area contributed by atoms with Crippen molar-refractivity contribution in [1.29, 1.82) is 0 Å². The summed E-state index contributed by atoms with van der Waals surface area (Å²) in [6, 6.07) is 11.3. The van der Waals surface area contributed by atoms with Gasteiger partial charge in [-0.3, -0.25) is 4.79 Å². The Kier molecular flexibility index (Phi) is 5.29. The maximum atomic E-state index is 12.2. The molecule has 1 saturated carbocycles. The van der Waals surface area contributed by atoms with E-state index in [9.17, 15) is 4.79 Å². The van der Waals surface area contributed by atoms with E-state index in [2.05, 4.69) is 27.6 Å². The molecular formula is C20H21N5O2S. The first-order chi connectivity index (χ1) is 13.6. The zero-order valence-electron chi connectivity index (χ0n) is 15.7. The van der Waals surface area contributed by atoms with Gasteiger partial charge >= 0.3 is 0 Å². The van der Waals surface area contributed by atoms with Gasteiger partial charge in [0.1, 0.15) is 17.8 Å². The lowest BCUT2D eigenvalue weighted by molar-refractivity contribution is 0.0955. The van der Waals surface area contributed by atoms with Crippen LogP contribution < -0.4 is 5.43 Å². The molecule has 3 aromatic rings. The second-order valence-corrected chi connectivity index (χ2v) is 7.91. The summed E-state index contributed by atoms with van der Waals surface area (Å²) in [6.07, 6.45) is 4.38. The molecule has 2 aromatic heterocycles. The third kappa shape index (κ3) is 4.33. The third-order valence-corrected chi connectivity index (χ3v) is 5.84. The summed E-state index contributed by atoms with van der Waals surface area (Å²) in [6.45, 7) is 2.21. The Morgan fingerprint density at radius 1 is 1.36 bits per heavy atom. The topological polar surface area (TPSA) is 85.3 Å². The number of hydrogen-bond acceptors (Lipinski definition) is 6. The van der Waals surface area contributed by atoms with Crippen LogP contribution in [-0.2, 0) is 12.8 Å². The quantitative estimate of drug-likeness (QED) is 0.375. The van der Waals surface area contributed by atoms with E-state index in [4.69, 9.17) is 4.42 Å². The minimum Gasteiger partial charge on any atom is -0.460 e. The summed E-state index contributed by atoms with van der Waals surface area (Å²) in [4.78, 5) is 12.2. The van der Waals surface area contributed by atoms with E-state index in [1.807, 2.05) is 35.9 Å². The number of hydrogen-bond donors (Lipinski definition) is 1. The lowest BCUT2D eigenvalue weighted by Crippen LogP contribution is -2.17. The highest BCUT2D eigenvalue weighted by Crippen LogP contribution is 2.47. The Morgan fingerprint density at radius 3 is 2.82 bits per heavy atom. The minimum atomic E-state index is -0.258. The molecule has 7 nitrogen and oxygen atoms in total. The lowest BCUT2D eigenvalue weighted by atomic mass is 10.1. The molecule has 144 valence electrons. The third-order valence-electron chi connectivity index (χ3n) is 4.73. The van der Waals surface area contributed by atoms with Crippen LogP contribution in [0, 0.1) is 5.92 Å². The Morgan fingerprint density at radius 2 is 2.14 bits per heavy atom. The summed E-state index contributed by atoms with van der Waals surface area (Å²) in [5, 5.41) is 12.7. The Bertz CT molecular complexity index is 992. The molecule has 0 aliphatic heterocycles. The highest BCUT2D eigenvalue weighted by atomic mass is 32.2. The van der Waals surface area contributed by atoms with E-state index in [0.717, 1.165) is 22.2 Å². The van der Waals surface area contributed by atoms with Gasteiger partial charge in [0.2, 0.25) is 0 Å². The van der Waals surface area contributed by atoms with Crippen molar-refractivity contribution < 1.29 is 9.21 Å². The van der Waals surface area contributed by atoms with Gasteiger partial charge < -0.3 is 8.98 Å². The highest BCUT2D eigenvalue weighted by molar-refractivity contribution is 7.98. The van der Waals surface area contributed by atoms with Crippen LogP contribution in [0.4, 0.5) is 0 Å². The van der Waals surface area contributed by atoms with Crippen LogP contribution in [0.5, 0.6) is 0 Å². The molecular weight excluding hydrogens is 374 g/mol. The number of carbonyl (C=O) groups is 1. The number of furan rings is 1. The Hall–Kier alpha value is -2.87. The van der Waals surface area contributed by atoms with Crippen molar-refractivity contribution in [3.63, 3.8) is 0 Å².